The Kier molecular flexibility index (Phi) is 6.41. The van der Waals surface area contributed by atoms with Crippen LogP contribution in [-0.4, -0.2) is 49.1 Å². The minimum absolute atomic E-state index is 0.145. The average molecular weight is 416 g/mol. The first-order valence-electron chi connectivity index (χ1n) is 9.91. The molecule has 1 amide bonds. The van der Waals surface area contributed by atoms with Crippen LogP contribution in [-0.2, 0) is 21.5 Å². The van der Waals surface area contributed by atoms with Gasteiger partial charge in [0.25, 0.3) is 10.2 Å². The molecule has 1 heterocycles. The Morgan fingerprint density at radius 1 is 1.00 bits per heavy atom. The third-order valence-electron chi connectivity index (χ3n) is 5.42. The summed E-state index contributed by atoms with van der Waals surface area (Å²) < 4.78 is 28.9. The van der Waals surface area contributed by atoms with Gasteiger partial charge in [0, 0.05) is 31.9 Å². The molecular formula is C22H29N3O3S. The fourth-order valence-corrected chi connectivity index (χ4v) is 5.44. The van der Waals surface area contributed by atoms with E-state index in [1.807, 2.05) is 58.0 Å². The normalized spacial score (nSPS) is 16.8. The van der Waals surface area contributed by atoms with Crippen molar-refractivity contribution in [2.24, 2.45) is 0 Å². The summed E-state index contributed by atoms with van der Waals surface area (Å²) in [6.45, 7) is 9.34. The molecule has 29 heavy (non-hydrogen) atoms. The van der Waals surface area contributed by atoms with Crippen LogP contribution in [0.2, 0.25) is 0 Å². The predicted octanol–water partition coefficient (Wildman–Crippen LogP) is 3.03. The van der Waals surface area contributed by atoms with Gasteiger partial charge in [0.1, 0.15) is 0 Å². The van der Waals surface area contributed by atoms with E-state index in [1.165, 1.54) is 14.2 Å². The van der Waals surface area contributed by atoms with Crippen molar-refractivity contribution in [1.82, 2.24) is 8.61 Å². The van der Waals surface area contributed by atoms with Crippen LogP contribution in [0.1, 0.15) is 29.2 Å². The van der Waals surface area contributed by atoms with Gasteiger partial charge in [-0.2, -0.15) is 17.0 Å². The van der Waals surface area contributed by atoms with Gasteiger partial charge in [0.15, 0.2) is 0 Å². The molecule has 6 nitrogen and oxygen atoms in total. The first kappa shape index (κ1) is 21.5. The molecule has 0 bridgehead atoms. The Morgan fingerprint density at radius 3 is 2.17 bits per heavy atom. The number of rotatable bonds is 6. The van der Waals surface area contributed by atoms with E-state index in [1.54, 1.807) is 4.90 Å². The van der Waals surface area contributed by atoms with Crippen LogP contribution >= 0.6 is 0 Å². The van der Waals surface area contributed by atoms with E-state index in [0.29, 0.717) is 26.2 Å². The van der Waals surface area contributed by atoms with Crippen LogP contribution in [0.15, 0.2) is 42.5 Å². The van der Waals surface area contributed by atoms with Crippen LogP contribution in [0, 0.1) is 20.8 Å². The Balaban J connectivity index is 1.74. The monoisotopic (exact) mass is 415 g/mol. The molecule has 1 fully saturated rings. The Hall–Kier alpha value is -2.22. The summed E-state index contributed by atoms with van der Waals surface area (Å²) in [5, 5.41) is 0. The largest absolute Gasteiger partial charge is 0.312 e. The number of hydrogen-bond acceptors (Lipinski definition) is 3. The number of anilines is 1. The maximum absolute atomic E-state index is 13.1. The molecule has 0 aliphatic carbocycles. The van der Waals surface area contributed by atoms with E-state index < -0.39 is 10.2 Å². The molecule has 7 heteroatoms. The van der Waals surface area contributed by atoms with Crippen molar-refractivity contribution in [2.45, 2.75) is 34.2 Å². The second-order valence-corrected chi connectivity index (χ2v) is 9.45. The van der Waals surface area contributed by atoms with Gasteiger partial charge in [-0.3, -0.25) is 4.79 Å². The van der Waals surface area contributed by atoms with Crippen molar-refractivity contribution < 1.29 is 13.2 Å². The molecule has 0 saturated carbocycles. The van der Waals surface area contributed by atoms with Gasteiger partial charge in [-0.15, -0.1) is 0 Å². The number of hydrogen-bond donors (Lipinski definition) is 0. The second kappa shape index (κ2) is 8.65. The Morgan fingerprint density at radius 2 is 1.59 bits per heavy atom. The number of benzene rings is 2. The molecule has 156 valence electrons. The maximum Gasteiger partial charge on any atom is 0.282 e. The smallest absolute Gasteiger partial charge is 0.282 e. The summed E-state index contributed by atoms with van der Waals surface area (Å²) in [5.41, 5.74) is 5.16. The van der Waals surface area contributed by atoms with Crippen molar-refractivity contribution in [3.05, 3.63) is 64.7 Å². The van der Waals surface area contributed by atoms with Crippen LogP contribution in [0.25, 0.3) is 0 Å². The fourth-order valence-electron chi connectivity index (χ4n) is 3.92. The molecule has 0 aromatic heterocycles. The third kappa shape index (κ3) is 4.52. The van der Waals surface area contributed by atoms with Gasteiger partial charge in [-0.25, -0.2) is 0 Å². The quantitative estimate of drug-likeness (QED) is 0.729. The van der Waals surface area contributed by atoms with E-state index in [9.17, 15) is 13.2 Å². The standard InChI is InChI=1S/C22H29N3O3S/c1-5-25(20-9-7-6-8-10-20)22(26)16-24-12-11-23(29(24,27)28)15-21-18(3)13-17(2)14-19(21)4/h6-10,13-14H,5,11-12,15-16H2,1-4H3. The molecule has 1 saturated heterocycles. The predicted molar refractivity (Wildman–Crippen MR) is 116 cm³/mol. The van der Waals surface area contributed by atoms with Gasteiger partial charge in [0.05, 0.1) is 6.54 Å². The lowest BCUT2D eigenvalue weighted by molar-refractivity contribution is -0.118. The number of aryl methyl sites for hydroxylation is 3. The number of nitrogens with zero attached hydrogens (tertiary/aromatic N) is 3. The third-order valence-corrected chi connectivity index (χ3v) is 7.35. The van der Waals surface area contributed by atoms with Crippen molar-refractivity contribution >= 4 is 21.8 Å². The molecule has 1 aliphatic heterocycles. The lowest BCUT2D eigenvalue weighted by Gasteiger charge is -2.24. The lowest BCUT2D eigenvalue weighted by Crippen LogP contribution is -2.42. The van der Waals surface area contributed by atoms with Crippen molar-refractivity contribution in [1.29, 1.82) is 0 Å². The van der Waals surface area contributed by atoms with E-state index >= 15 is 0 Å². The lowest BCUT2D eigenvalue weighted by atomic mass is 10.00. The summed E-state index contributed by atoms with van der Waals surface area (Å²) in [6, 6.07) is 13.5. The number of para-hydroxylation sites is 1. The number of likely N-dealkylation sites (N-methyl/N-ethyl adjacent to an activating group) is 1. The van der Waals surface area contributed by atoms with E-state index in [2.05, 4.69) is 12.1 Å². The Bertz CT molecular complexity index is 967. The van der Waals surface area contributed by atoms with E-state index in [4.69, 9.17) is 0 Å². The minimum Gasteiger partial charge on any atom is -0.312 e. The zero-order valence-electron chi connectivity index (χ0n) is 17.6. The Labute approximate surface area is 173 Å². The molecule has 0 unspecified atom stereocenters. The second-order valence-electron chi connectivity index (χ2n) is 7.53. The maximum atomic E-state index is 13.1. The number of carbonyl (C=O) groups is 1. The summed E-state index contributed by atoms with van der Waals surface area (Å²) in [7, 11) is -3.67. The first-order valence-corrected chi connectivity index (χ1v) is 11.3. The number of amides is 1. The van der Waals surface area contributed by atoms with Crippen LogP contribution in [0.4, 0.5) is 5.69 Å². The van der Waals surface area contributed by atoms with Crippen molar-refractivity contribution in [2.75, 3.05) is 31.1 Å². The van der Waals surface area contributed by atoms with Crippen LogP contribution < -0.4 is 4.90 Å². The highest BCUT2D eigenvalue weighted by atomic mass is 32.2. The zero-order chi connectivity index (χ0) is 21.2. The van der Waals surface area contributed by atoms with Gasteiger partial charge < -0.3 is 4.90 Å². The zero-order valence-corrected chi connectivity index (χ0v) is 18.4. The summed E-state index contributed by atoms with van der Waals surface area (Å²) in [5.74, 6) is -0.216. The SMILES string of the molecule is CCN(C(=O)CN1CCN(Cc2c(C)cc(C)cc2C)S1(=O)=O)c1ccccc1. The van der Waals surface area contributed by atoms with Crippen LogP contribution in [0.3, 0.4) is 0 Å². The van der Waals surface area contributed by atoms with Crippen molar-refractivity contribution in [3.8, 4) is 0 Å². The highest BCUT2D eigenvalue weighted by Crippen LogP contribution is 2.24. The average Bonchev–Trinajstić information content (AvgIpc) is 2.93. The molecular weight excluding hydrogens is 386 g/mol. The number of carbonyl (C=O) groups excluding carboxylic acids is 1. The highest BCUT2D eigenvalue weighted by molar-refractivity contribution is 7.87. The molecule has 2 aromatic rings. The fraction of sp³-hybridized carbons (Fsp3) is 0.409. The van der Waals surface area contributed by atoms with E-state index in [-0.39, 0.29) is 12.5 Å². The van der Waals surface area contributed by atoms with Gasteiger partial charge in [-0.05, 0) is 56.5 Å². The summed E-state index contributed by atoms with van der Waals surface area (Å²) >= 11 is 0. The highest BCUT2D eigenvalue weighted by Gasteiger charge is 2.38. The first-order chi connectivity index (χ1) is 13.7. The topological polar surface area (TPSA) is 60.9 Å². The molecule has 0 spiro atoms. The van der Waals surface area contributed by atoms with E-state index in [0.717, 1.165) is 22.4 Å². The summed E-state index contributed by atoms with van der Waals surface area (Å²) in [6.07, 6.45) is 0. The molecule has 0 radical (unpaired) electrons. The van der Waals surface area contributed by atoms with Gasteiger partial charge in [0.2, 0.25) is 5.91 Å². The van der Waals surface area contributed by atoms with Gasteiger partial charge >= 0.3 is 0 Å². The van der Waals surface area contributed by atoms with Gasteiger partial charge in [-0.1, -0.05) is 35.9 Å². The molecule has 1 aliphatic rings. The molecule has 0 N–H and O–H groups in total. The molecule has 3 rings (SSSR count). The van der Waals surface area contributed by atoms with Crippen molar-refractivity contribution in [3.63, 3.8) is 0 Å². The molecule has 0 atom stereocenters. The summed E-state index contributed by atoms with van der Waals surface area (Å²) in [4.78, 5) is 14.4. The van der Waals surface area contributed by atoms with Crippen LogP contribution in [0.5, 0.6) is 0 Å². The molecule has 2 aromatic carbocycles. The minimum atomic E-state index is -3.67.